The minimum Gasteiger partial charge on any atom is -0.377 e. The Morgan fingerprint density at radius 1 is 1.47 bits per heavy atom. The quantitative estimate of drug-likeness (QED) is 0.581. The van der Waals surface area contributed by atoms with Crippen molar-refractivity contribution < 1.29 is 9.53 Å². The number of rotatable bonds is 7. The summed E-state index contributed by atoms with van der Waals surface area (Å²) in [6, 6.07) is 1.64. The van der Waals surface area contributed by atoms with Crippen molar-refractivity contribution in [1.82, 2.24) is 15.3 Å². The molecule has 6 nitrogen and oxygen atoms in total. The molecule has 1 heterocycles. The van der Waals surface area contributed by atoms with Gasteiger partial charge in [0.05, 0.1) is 0 Å². The Balaban J connectivity index is 1.76. The standard InChI is InChI=1S/C12H17ClN4O2/c1-19-7-11-16-9(13)6-10(17-11)14-4-5-15-12(18)8-2-3-8/h6,8H,2-5,7H2,1H3,(H,15,18)(H,14,16,17). The topological polar surface area (TPSA) is 76.1 Å². The van der Waals surface area contributed by atoms with Crippen molar-refractivity contribution in [2.24, 2.45) is 5.92 Å². The maximum atomic E-state index is 11.4. The number of carbonyl (C=O) groups excluding carboxylic acids is 1. The number of ether oxygens (including phenoxy) is 1. The van der Waals surface area contributed by atoms with Crippen LogP contribution in [-0.4, -0.2) is 36.1 Å². The van der Waals surface area contributed by atoms with Gasteiger partial charge in [0.25, 0.3) is 0 Å². The SMILES string of the molecule is COCc1nc(Cl)cc(NCCNC(=O)C2CC2)n1. The fourth-order valence-electron chi connectivity index (χ4n) is 1.62. The van der Waals surface area contributed by atoms with E-state index in [9.17, 15) is 4.79 Å². The van der Waals surface area contributed by atoms with E-state index >= 15 is 0 Å². The average Bonchev–Trinajstić information content (AvgIpc) is 3.18. The summed E-state index contributed by atoms with van der Waals surface area (Å²) >= 11 is 5.88. The molecule has 19 heavy (non-hydrogen) atoms. The lowest BCUT2D eigenvalue weighted by molar-refractivity contribution is -0.122. The number of carbonyl (C=O) groups is 1. The van der Waals surface area contributed by atoms with E-state index in [-0.39, 0.29) is 11.8 Å². The molecule has 0 bridgehead atoms. The third kappa shape index (κ3) is 4.65. The molecule has 7 heteroatoms. The number of aromatic nitrogens is 2. The van der Waals surface area contributed by atoms with Gasteiger partial charge in [0, 0.05) is 32.2 Å². The van der Waals surface area contributed by atoms with Crippen molar-refractivity contribution in [3.05, 3.63) is 17.0 Å². The Morgan fingerprint density at radius 3 is 2.95 bits per heavy atom. The van der Waals surface area contributed by atoms with Crippen molar-refractivity contribution >= 4 is 23.3 Å². The molecule has 0 aliphatic heterocycles. The van der Waals surface area contributed by atoms with Crippen LogP contribution in [0.3, 0.4) is 0 Å². The van der Waals surface area contributed by atoms with Crippen LogP contribution < -0.4 is 10.6 Å². The largest absolute Gasteiger partial charge is 0.377 e. The van der Waals surface area contributed by atoms with Gasteiger partial charge in [-0.15, -0.1) is 0 Å². The molecule has 0 radical (unpaired) electrons. The summed E-state index contributed by atoms with van der Waals surface area (Å²) in [4.78, 5) is 19.7. The van der Waals surface area contributed by atoms with Gasteiger partial charge in [-0.25, -0.2) is 9.97 Å². The highest BCUT2D eigenvalue weighted by Gasteiger charge is 2.28. The molecule has 1 aliphatic rings. The van der Waals surface area contributed by atoms with Crippen LogP contribution in [0, 0.1) is 5.92 Å². The fourth-order valence-corrected chi connectivity index (χ4v) is 1.82. The average molecular weight is 285 g/mol. The Bertz CT molecular complexity index is 451. The number of halogens is 1. The summed E-state index contributed by atoms with van der Waals surface area (Å²) in [5, 5.41) is 6.33. The highest BCUT2D eigenvalue weighted by molar-refractivity contribution is 6.29. The van der Waals surface area contributed by atoms with Gasteiger partial charge in [-0.05, 0) is 12.8 Å². The Morgan fingerprint density at radius 2 is 2.26 bits per heavy atom. The molecule has 0 unspecified atom stereocenters. The Labute approximate surface area is 116 Å². The van der Waals surface area contributed by atoms with Crippen LogP contribution in [0.1, 0.15) is 18.7 Å². The van der Waals surface area contributed by atoms with E-state index in [1.54, 1.807) is 13.2 Å². The predicted molar refractivity (Wildman–Crippen MR) is 72.0 cm³/mol. The van der Waals surface area contributed by atoms with Crippen LogP contribution in [0.15, 0.2) is 6.07 Å². The molecule has 1 aromatic heterocycles. The number of nitrogens with one attached hydrogen (secondary N) is 2. The summed E-state index contributed by atoms with van der Waals surface area (Å²) in [6.07, 6.45) is 2.03. The van der Waals surface area contributed by atoms with Crippen molar-refractivity contribution in [2.75, 3.05) is 25.5 Å². The molecule has 0 saturated heterocycles. The molecule has 104 valence electrons. The van der Waals surface area contributed by atoms with Crippen LogP contribution in [0.25, 0.3) is 0 Å². The summed E-state index contributed by atoms with van der Waals surface area (Å²) in [7, 11) is 1.57. The lowest BCUT2D eigenvalue weighted by atomic mass is 10.4. The Kier molecular flexibility index (Phi) is 4.93. The zero-order valence-corrected chi connectivity index (χ0v) is 11.5. The third-order valence-corrected chi connectivity index (χ3v) is 2.89. The second-order valence-electron chi connectivity index (χ2n) is 4.42. The highest BCUT2D eigenvalue weighted by atomic mass is 35.5. The summed E-state index contributed by atoms with van der Waals surface area (Å²) in [5.41, 5.74) is 0. The normalized spacial score (nSPS) is 14.2. The van der Waals surface area contributed by atoms with Gasteiger partial charge >= 0.3 is 0 Å². The molecule has 1 aromatic rings. The van der Waals surface area contributed by atoms with Gasteiger partial charge in [0.1, 0.15) is 17.6 Å². The molecule has 1 amide bonds. The van der Waals surface area contributed by atoms with Crippen molar-refractivity contribution in [3.8, 4) is 0 Å². The maximum absolute atomic E-state index is 11.4. The highest BCUT2D eigenvalue weighted by Crippen LogP contribution is 2.28. The van der Waals surface area contributed by atoms with Gasteiger partial charge in [-0.3, -0.25) is 4.79 Å². The maximum Gasteiger partial charge on any atom is 0.223 e. The number of hydrogen-bond donors (Lipinski definition) is 2. The molecule has 2 rings (SSSR count). The molecule has 2 N–H and O–H groups in total. The van der Waals surface area contributed by atoms with Crippen LogP contribution in [0.5, 0.6) is 0 Å². The zero-order chi connectivity index (χ0) is 13.7. The van der Waals surface area contributed by atoms with Gasteiger partial charge in [0.2, 0.25) is 5.91 Å². The minimum atomic E-state index is 0.141. The van der Waals surface area contributed by atoms with E-state index in [1.807, 2.05) is 0 Å². The first kappa shape index (κ1) is 14.0. The zero-order valence-electron chi connectivity index (χ0n) is 10.8. The molecule has 1 fully saturated rings. The number of nitrogens with zero attached hydrogens (tertiary/aromatic N) is 2. The van der Waals surface area contributed by atoms with Crippen LogP contribution in [0.2, 0.25) is 5.15 Å². The molecule has 0 atom stereocenters. The van der Waals surface area contributed by atoms with E-state index in [0.29, 0.717) is 36.5 Å². The lowest BCUT2D eigenvalue weighted by Gasteiger charge is -2.08. The Hall–Kier alpha value is -1.40. The van der Waals surface area contributed by atoms with Gasteiger partial charge in [-0.2, -0.15) is 0 Å². The van der Waals surface area contributed by atoms with Gasteiger partial charge in [-0.1, -0.05) is 11.6 Å². The minimum absolute atomic E-state index is 0.141. The smallest absolute Gasteiger partial charge is 0.223 e. The lowest BCUT2D eigenvalue weighted by Crippen LogP contribution is -2.30. The number of hydrogen-bond acceptors (Lipinski definition) is 5. The van der Waals surface area contributed by atoms with E-state index in [4.69, 9.17) is 16.3 Å². The first-order valence-corrected chi connectivity index (χ1v) is 6.61. The van der Waals surface area contributed by atoms with Crippen molar-refractivity contribution in [1.29, 1.82) is 0 Å². The predicted octanol–water partition coefficient (Wildman–Crippen LogP) is 1.21. The molecular weight excluding hydrogens is 268 g/mol. The van der Waals surface area contributed by atoms with E-state index in [1.165, 1.54) is 0 Å². The van der Waals surface area contributed by atoms with E-state index in [2.05, 4.69) is 20.6 Å². The summed E-state index contributed by atoms with van der Waals surface area (Å²) in [5.74, 6) is 1.54. The number of methoxy groups -OCH3 is 1. The second kappa shape index (κ2) is 6.68. The fraction of sp³-hybridized carbons (Fsp3) is 0.583. The van der Waals surface area contributed by atoms with Crippen LogP contribution in [-0.2, 0) is 16.1 Å². The monoisotopic (exact) mass is 284 g/mol. The van der Waals surface area contributed by atoms with Gasteiger partial charge in [0.15, 0.2) is 5.82 Å². The third-order valence-electron chi connectivity index (χ3n) is 2.69. The number of amides is 1. The molecule has 0 aromatic carbocycles. The van der Waals surface area contributed by atoms with Gasteiger partial charge < -0.3 is 15.4 Å². The summed E-state index contributed by atoms with van der Waals surface area (Å²) < 4.78 is 4.96. The van der Waals surface area contributed by atoms with Crippen molar-refractivity contribution in [3.63, 3.8) is 0 Å². The summed E-state index contributed by atoms with van der Waals surface area (Å²) in [6.45, 7) is 1.47. The van der Waals surface area contributed by atoms with Crippen LogP contribution in [0.4, 0.5) is 5.82 Å². The van der Waals surface area contributed by atoms with E-state index < -0.39 is 0 Å². The number of anilines is 1. The van der Waals surface area contributed by atoms with Crippen molar-refractivity contribution in [2.45, 2.75) is 19.4 Å². The molecule has 1 saturated carbocycles. The molecule has 0 spiro atoms. The van der Waals surface area contributed by atoms with Crippen LogP contribution >= 0.6 is 11.6 Å². The molecule has 1 aliphatic carbocycles. The second-order valence-corrected chi connectivity index (χ2v) is 4.80. The van der Waals surface area contributed by atoms with E-state index in [0.717, 1.165) is 12.8 Å². The first-order chi connectivity index (χ1) is 9.19. The first-order valence-electron chi connectivity index (χ1n) is 6.23. The molecular formula is C12H17ClN4O2.